The zero-order chi connectivity index (χ0) is 15.1. The summed E-state index contributed by atoms with van der Waals surface area (Å²) in [7, 11) is 0. The summed E-state index contributed by atoms with van der Waals surface area (Å²) in [5.41, 5.74) is 0. The maximum atomic E-state index is 12.1. The van der Waals surface area contributed by atoms with Gasteiger partial charge < -0.3 is 10.2 Å². The van der Waals surface area contributed by atoms with E-state index in [2.05, 4.69) is 15.1 Å². The Hall–Kier alpha value is -1.14. The first-order valence-electron chi connectivity index (χ1n) is 8.18. The first-order chi connectivity index (χ1) is 10.2. The number of nitrogens with zero attached hydrogens (tertiary/aromatic N) is 3. The van der Waals surface area contributed by atoms with Crippen molar-refractivity contribution < 1.29 is 9.59 Å². The van der Waals surface area contributed by atoms with Gasteiger partial charge in [-0.25, -0.2) is 0 Å². The number of likely N-dealkylation sites (tertiary alicyclic amines) is 1. The van der Waals surface area contributed by atoms with Crippen LogP contribution in [0.2, 0.25) is 0 Å². The quantitative estimate of drug-likeness (QED) is 0.734. The fraction of sp³-hybridized carbons (Fsp3) is 0.867. The third kappa shape index (κ3) is 5.28. The van der Waals surface area contributed by atoms with Gasteiger partial charge in [-0.3, -0.25) is 19.4 Å². The number of hydrogen-bond donors (Lipinski definition) is 1. The van der Waals surface area contributed by atoms with Crippen molar-refractivity contribution in [1.29, 1.82) is 0 Å². The van der Waals surface area contributed by atoms with E-state index in [1.807, 2.05) is 11.8 Å². The molecule has 2 heterocycles. The molecule has 2 rings (SSSR count). The van der Waals surface area contributed by atoms with E-state index in [1.54, 1.807) is 0 Å². The Kier molecular flexibility index (Phi) is 6.45. The Balaban J connectivity index is 1.59. The molecule has 0 bridgehead atoms. The van der Waals surface area contributed by atoms with Gasteiger partial charge in [0.15, 0.2) is 0 Å². The average Bonchev–Trinajstić information content (AvgIpc) is 3.03. The minimum Gasteiger partial charge on any atom is -0.355 e. The molecule has 2 saturated heterocycles. The van der Waals surface area contributed by atoms with E-state index < -0.39 is 0 Å². The molecule has 2 fully saturated rings. The van der Waals surface area contributed by atoms with Crippen molar-refractivity contribution in [2.24, 2.45) is 0 Å². The third-order valence-electron chi connectivity index (χ3n) is 4.35. The second-order valence-electron chi connectivity index (χ2n) is 5.91. The number of carbonyl (C=O) groups excluding carboxylic acids is 2. The van der Waals surface area contributed by atoms with Gasteiger partial charge in [0, 0.05) is 58.8 Å². The lowest BCUT2D eigenvalue weighted by Crippen LogP contribution is -2.51. The summed E-state index contributed by atoms with van der Waals surface area (Å²) < 4.78 is 0. The maximum Gasteiger partial charge on any atom is 0.236 e. The van der Waals surface area contributed by atoms with Gasteiger partial charge in [0.25, 0.3) is 0 Å². The highest BCUT2D eigenvalue weighted by Crippen LogP contribution is 2.09. The number of nitrogens with one attached hydrogen (secondary N) is 1. The van der Waals surface area contributed by atoms with Crippen LogP contribution in [0.3, 0.4) is 0 Å². The van der Waals surface area contributed by atoms with Crippen LogP contribution >= 0.6 is 0 Å². The van der Waals surface area contributed by atoms with Crippen LogP contribution in [0.4, 0.5) is 0 Å². The van der Waals surface area contributed by atoms with Crippen LogP contribution in [0, 0.1) is 0 Å². The average molecular weight is 296 g/mol. The van der Waals surface area contributed by atoms with E-state index in [9.17, 15) is 9.59 Å². The van der Waals surface area contributed by atoms with Gasteiger partial charge in [-0.05, 0) is 12.8 Å². The van der Waals surface area contributed by atoms with Crippen molar-refractivity contribution in [3.05, 3.63) is 0 Å². The standard InChI is InChI=1S/C15H28N4O2/c1-2-14(20)16-5-8-17-9-11-18(12-10-17)13-15(21)19-6-3-4-7-19/h2-13H2,1H3,(H,16,20). The van der Waals surface area contributed by atoms with Crippen LogP contribution in [0.1, 0.15) is 26.2 Å². The molecule has 21 heavy (non-hydrogen) atoms. The molecule has 0 unspecified atom stereocenters. The highest BCUT2D eigenvalue weighted by atomic mass is 16.2. The number of hydrogen-bond acceptors (Lipinski definition) is 4. The fourth-order valence-electron chi connectivity index (χ4n) is 2.91. The third-order valence-corrected chi connectivity index (χ3v) is 4.35. The number of rotatable bonds is 6. The summed E-state index contributed by atoms with van der Waals surface area (Å²) in [6, 6.07) is 0. The van der Waals surface area contributed by atoms with Crippen molar-refractivity contribution in [3.8, 4) is 0 Å². The van der Waals surface area contributed by atoms with Crippen molar-refractivity contribution in [1.82, 2.24) is 20.0 Å². The van der Waals surface area contributed by atoms with Crippen LogP contribution in [-0.4, -0.2) is 85.4 Å². The SMILES string of the molecule is CCC(=O)NCCN1CCN(CC(=O)N2CCCC2)CC1. The molecule has 0 aromatic rings. The van der Waals surface area contributed by atoms with E-state index in [4.69, 9.17) is 0 Å². The molecule has 0 atom stereocenters. The molecule has 0 aromatic carbocycles. The largest absolute Gasteiger partial charge is 0.355 e. The molecule has 0 saturated carbocycles. The molecule has 120 valence electrons. The fourth-order valence-corrected chi connectivity index (χ4v) is 2.91. The Morgan fingerprint density at radius 1 is 0.952 bits per heavy atom. The minimum absolute atomic E-state index is 0.116. The smallest absolute Gasteiger partial charge is 0.236 e. The van der Waals surface area contributed by atoms with Gasteiger partial charge in [-0.2, -0.15) is 0 Å². The molecule has 2 aliphatic heterocycles. The molecule has 2 aliphatic rings. The summed E-state index contributed by atoms with van der Waals surface area (Å²) in [4.78, 5) is 29.9. The highest BCUT2D eigenvalue weighted by Gasteiger charge is 2.23. The van der Waals surface area contributed by atoms with Gasteiger partial charge in [0.2, 0.25) is 11.8 Å². The Labute approximate surface area is 127 Å². The van der Waals surface area contributed by atoms with Gasteiger partial charge >= 0.3 is 0 Å². The summed E-state index contributed by atoms with van der Waals surface area (Å²) in [5.74, 6) is 0.404. The first kappa shape index (κ1) is 16.2. The summed E-state index contributed by atoms with van der Waals surface area (Å²) in [5, 5.41) is 2.91. The number of carbonyl (C=O) groups is 2. The number of piperazine rings is 1. The normalized spacial score (nSPS) is 20.7. The molecule has 0 spiro atoms. The Bertz CT molecular complexity index is 348. The topological polar surface area (TPSA) is 55.9 Å². The summed E-state index contributed by atoms with van der Waals surface area (Å²) >= 11 is 0. The van der Waals surface area contributed by atoms with Crippen LogP contribution in [0.5, 0.6) is 0 Å². The zero-order valence-electron chi connectivity index (χ0n) is 13.1. The molecule has 6 heteroatoms. The lowest BCUT2D eigenvalue weighted by atomic mass is 10.3. The van der Waals surface area contributed by atoms with E-state index in [0.717, 1.165) is 65.2 Å². The Morgan fingerprint density at radius 2 is 1.57 bits per heavy atom. The predicted molar refractivity (Wildman–Crippen MR) is 82.0 cm³/mol. The molecule has 0 aromatic heterocycles. The maximum absolute atomic E-state index is 12.1. The number of amides is 2. The van der Waals surface area contributed by atoms with Gasteiger partial charge in [-0.15, -0.1) is 0 Å². The second kappa shape index (κ2) is 8.34. The molecule has 2 amide bonds. The first-order valence-corrected chi connectivity index (χ1v) is 8.18. The van der Waals surface area contributed by atoms with Crippen LogP contribution in [-0.2, 0) is 9.59 Å². The van der Waals surface area contributed by atoms with E-state index in [0.29, 0.717) is 13.0 Å². The highest BCUT2D eigenvalue weighted by molar-refractivity contribution is 5.78. The molecule has 0 aliphatic carbocycles. The lowest BCUT2D eigenvalue weighted by Gasteiger charge is -2.35. The summed E-state index contributed by atoms with van der Waals surface area (Å²) in [6.45, 7) is 9.80. The van der Waals surface area contributed by atoms with Crippen LogP contribution < -0.4 is 5.32 Å². The van der Waals surface area contributed by atoms with Crippen molar-refractivity contribution in [2.75, 3.05) is 58.9 Å². The molecular weight excluding hydrogens is 268 g/mol. The van der Waals surface area contributed by atoms with Crippen molar-refractivity contribution >= 4 is 11.8 Å². The van der Waals surface area contributed by atoms with Crippen molar-refractivity contribution in [2.45, 2.75) is 26.2 Å². The van der Waals surface area contributed by atoms with E-state index in [1.165, 1.54) is 0 Å². The van der Waals surface area contributed by atoms with Crippen LogP contribution in [0.15, 0.2) is 0 Å². The lowest BCUT2D eigenvalue weighted by molar-refractivity contribution is -0.131. The van der Waals surface area contributed by atoms with E-state index in [-0.39, 0.29) is 11.8 Å². The molecule has 0 radical (unpaired) electrons. The zero-order valence-corrected chi connectivity index (χ0v) is 13.1. The van der Waals surface area contributed by atoms with E-state index >= 15 is 0 Å². The molecule has 1 N–H and O–H groups in total. The second-order valence-corrected chi connectivity index (χ2v) is 5.91. The van der Waals surface area contributed by atoms with Crippen LogP contribution in [0.25, 0.3) is 0 Å². The summed E-state index contributed by atoms with van der Waals surface area (Å²) in [6.07, 6.45) is 2.86. The van der Waals surface area contributed by atoms with Gasteiger partial charge in [-0.1, -0.05) is 6.92 Å². The van der Waals surface area contributed by atoms with Gasteiger partial charge in [0.1, 0.15) is 0 Å². The Morgan fingerprint density at radius 3 is 2.19 bits per heavy atom. The van der Waals surface area contributed by atoms with Crippen molar-refractivity contribution in [3.63, 3.8) is 0 Å². The molecule has 6 nitrogen and oxygen atoms in total. The monoisotopic (exact) mass is 296 g/mol. The van der Waals surface area contributed by atoms with Gasteiger partial charge in [0.05, 0.1) is 6.54 Å². The predicted octanol–water partition coefficient (Wildman–Crippen LogP) is -0.247. The minimum atomic E-state index is 0.116. The molecular formula is C15H28N4O2.